The quantitative estimate of drug-likeness (QED) is 0.876. The molecule has 1 aliphatic heterocycles. The fraction of sp³-hybridized carbons (Fsp3) is 0.188. The second-order valence-electron chi connectivity index (χ2n) is 4.97. The summed E-state index contributed by atoms with van der Waals surface area (Å²) < 4.78 is 11.3. The smallest absolute Gasteiger partial charge is 0.255 e. The fourth-order valence-corrected chi connectivity index (χ4v) is 2.59. The highest BCUT2D eigenvalue weighted by atomic mass is 79.9. The second kappa shape index (κ2) is 5.88. The van der Waals surface area contributed by atoms with Gasteiger partial charge in [0.1, 0.15) is 5.75 Å². The van der Waals surface area contributed by atoms with Crippen molar-refractivity contribution in [1.82, 2.24) is 5.32 Å². The molecular weight excluding hydrogens is 350 g/mol. The average molecular weight is 364 g/mol. The zero-order valence-electron chi connectivity index (χ0n) is 11.8. The minimum atomic E-state index is -0.344. The van der Waals surface area contributed by atoms with Gasteiger partial charge in [0.05, 0.1) is 11.6 Å². The molecule has 0 fully saturated rings. The third kappa shape index (κ3) is 2.87. The maximum Gasteiger partial charge on any atom is 0.255 e. The molecule has 2 aromatic rings. The molecule has 1 aliphatic rings. The van der Waals surface area contributed by atoms with Crippen LogP contribution in [0.4, 0.5) is 0 Å². The Bertz CT molecular complexity index is 732. The van der Waals surface area contributed by atoms with E-state index in [4.69, 9.17) is 9.47 Å². The van der Waals surface area contributed by atoms with Gasteiger partial charge in [-0.1, -0.05) is 22.0 Å². The second-order valence-corrected chi connectivity index (χ2v) is 5.88. The van der Waals surface area contributed by atoms with E-state index in [0.717, 1.165) is 10.0 Å². The molecule has 2 aromatic carbocycles. The van der Waals surface area contributed by atoms with Crippen molar-refractivity contribution < 1.29 is 19.4 Å². The standard InChI is InChI=1S/C16H14BrNO4/c1-9(10-2-5-14-15(6-10)22-8-21-14)18-16(20)12-7-11(17)3-4-13(12)19/h2-7,9,19H,8H2,1H3,(H,18,20)/t9-/m0/s1. The summed E-state index contributed by atoms with van der Waals surface area (Å²) >= 11 is 3.29. The van der Waals surface area contributed by atoms with Crippen LogP contribution in [0.1, 0.15) is 28.9 Å². The molecule has 0 unspecified atom stereocenters. The van der Waals surface area contributed by atoms with E-state index in [2.05, 4.69) is 21.2 Å². The lowest BCUT2D eigenvalue weighted by atomic mass is 10.1. The summed E-state index contributed by atoms with van der Waals surface area (Å²) in [6.45, 7) is 2.08. The van der Waals surface area contributed by atoms with E-state index in [1.807, 2.05) is 25.1 Å². The fourth-order valence-electron chi connectivity index (χ4n) is 2.23. The first-order valence-corrected chi connectivity index (χ1v) is 7.53. The monoisotopic (exact) mass is 363 g/mol. The van der Waals surface area contributed by atoms with Gasteiger partial charge in [-0.05, 0) is 42.8 Å². The number of phenols is 1. The minimum Gasteiger partial charge on any atom is -0.507 e. The number of phenolic OH excluding ortho intramolecular Hbond substituents is 1. The molecule has 0 saturated heterocycles. The Balaban J connectivity index is 1.77. The summed E-state index contributed by atoms with van der Waals surface area (Å²) in [5.41, 5.74) is 1.12. The number of ether oxygens (including phenoxy) is 2. The van der Waals surface area contributed by atoms with Gasteiger partial charge in [-0.25, -0.2) is 0 Å². The molecule has 2 N–H and O–H groups in total. The van der Waals surface area contributed by atoms with Crippen molar-refractivity contribution in [1.29, 1.82) is 0 Å². The lowest BCUT2D eigenvalue weighted by molar-refractivity contribution is 0.0937. The van der Waals surface area contributed by atoms with Gasteiger partial charge in [0.2, 0.25) is 6.79 Å². The predicted octanol–water partition coefficient (Wildman–Crippen LogP) is 3.37. The number of nitrogens with one attached hydrogen (secondary N) is 1. The van der Waals surface area contributed by atoms with Gasteiger partial charge in [-0.3, -0.25) is 4.79 Å². The van der Waals surface area contributed by atoms with E-state index in [1.165, 1.54) is 6.07 Å². The zero-order valence-corrected chi connectivity index (χ0v) is 13.4. The molecule has 0 bridgehead atoms. The highest BCUT2D eigenvalue weighted by molar-refractivity contribution is 9.10. The Morgan fingerprint density at radius 1 is 1.23 bits per heavy atom. The largest absolute Gasteiger partial charge is 0.507 e. The van der Waals surface area contributed by atoms with Crippen molar-refractivity contribution >= 4 is 21.8 Å². The summed E-state index contributed by atoms with van der Waals surface area (Å²) in [6, 6.07) is 10.0. The number of fused-ring (bicyclic) bond motifs is 1. The van der Waals surface area contributed by atoms with Gasteiger partial charge in [0.15, 0.2) is 11.5 Å². The van der Waals surface area contributed by atoms with Gasteiger partial charge < -0.3 is 19.9 Å². The van der Waals surface area contributed by atoms with E-state index in [0.29, 0.717) is 11.5 Å². The van der Waals surface area contributed by atoms with Gasteiger partial charge in [0.25, 0.3) is 5.91 Å². The van der Waals surface area contributed by atoms with Crippen molar-refractivity contribution in [2.75, 3.05) is 6.79 Å². The molecule has 0 spiro atoms. The van der Waals surface area contributed by atoms with Crippen LogP contribution in [-0.2, 0) is 0 Å². The van der Waals surface area contributed by atoms with Gasteiger partial charge >= 0.3 is 0 Å². The van der Waals surface area contributed by atoms with Crippen LogP contribution in [0.25, 0.3) is 0 Å². The summed E-state index contributed by atoms with van der Waals surface area (Å²) in [5, 5.41) is 12.7. The Morgan fingerprint density at radius 3 is 2.82 bits per heavy atom. The molecule has 6 heteroatoms. The summed E-state index contributed by atoms with van der Waals surface area (Å²) in [4.78, 5) is 12.3. The number of hydrogen-bond acceptors (Lipinski definition) is 4. The normalized spacial score (nSPS) is 13.7. The van der Waals surface area contributed by atoms with Gasteiger partial charge in [-0.15, -0.1) is 0 Å². The first-order chi connectivity index (χ1) is 10.5. The third-order valence-corrected chi connectivity index (χ3v) is 3.94. The Kier molecular flexibility index (Phi) is 3.94. The molecule has 0 saturated carbocycles. The predicted molar refractivity (Wildman–Crippen MR) is 84.3 cm³/mol. The van der Waals surface area contributed by atoms with Crippen molar-refractivity contribution in [2.24, 2.45) is 0 Å². The topological polar surface area (TPSA) is 67.8 Å². The maximum absolute atomic E-state index is 12.3. The van der Waals surface area contributed by atoms with E-state index >= 15 is 0 Å². The van der Waals surface area contributed by atoms with E-state index in [-0.39, 0.29) is 30.1 Å². The third-order valence-electron chi connectivity index (χ3n) is 3.45. The molecule has 114 valence electrons. The molecule has 0 aromatic heterocycles. The molecule has 1 atom stereocenters. The molecule has 22 heavy (non-hydrogen) atoms. The lowest BCUT2D eigenvalue weighted by Gasteiger charge is -2.15. The number of carbonyl (C=O) groups is 1. The average Bonchev–Trinajstić information content (AvgIpc) is 2.97. The van der Waals surface area contributed by atoms with Crippen molar-refractivity contribution in [2.45, 2.75) is 13.0 Å². The van der Waals surface area contributed by atoms with E-state index in [1.54, 1.807) is 12.1 Å². The van der Waals surface area contributed by atoms with Crippen molar-refractivity contribution in [3.8, 4) is 17.2 Å². The Morgan fingerprint density at radius 2 is 2.00 bits per heavy atom. The van der Waals surface area contributed by atoms with Crippen LogP contribution in [0.15, 0.2) is 40.9 Å². The van der Waals surface area contributed by atoms with Crippen LogP contribution >= 0.6 is 15.9 Å². The molecule has 1 amide bonds. The number of halogens is 1. The number of rotatable bonds is 3. The van der Waals surface area contributed by atoms with Crippen LogP contribution in [0.5, 0.6) is 17.2 Å². The minimum absolute atomic E-state index is 0.0569. The highest BCUT2D eigenvalue weighted by Crippen LogP contribution is 2.34. The van der Waals surface area contributed by atoms with Gasteiger partial charge in [-0.2, -0.15) is 0 Å². The number of carbonyl (C=O) groups excluding carboxylic acids is 1. The van der Waals surface area contributed by atoms with E-state index in [9.17, 15) is 9.90 Å². The lowest BCUT2D eigenvalue weighted by Crippen LogP contribution is -2.26. The number of aromatic hydroxyl groups is 1. The van der Waals surface area contributed by atoms with Crippen LogP contribution in [0.2, 0.25) is 0 Å². The first kappa shape index (κ1) is 14.7. The summed E-state index contributed by atoms with van der Waals surface area (Å²) in [6.07, 6.45) is 0. The van der Waals surface area contributed by atoms with Crippen molar-refractivity contribution in [3.05, 3.63) is 52.0 Å². The summed E-state index contributed by atoms with van der Waals surface area (Å²) in [5.74, 6) is 0.971. The van der Waals surface area contributed by atoms with Crippen LogP contribution < -0.4 is 14.8 Å². The van der Waals surface area contributed by atoms with Crippen LogP contribution in [0, 0.1) is 0 Å². The van der Waals surface area contributed by atoms with E-state index < -0.39 is 0 Å². The number of benzene rings is 2. The SMILES string of the molecule is C[C@H](NC(=O)c1cc(Br)ccc1O)c1ccc2c(c1)OCO2. The highest BCUT2D eigenvalue weighted by Gasteiger charge is 2.18. The number of hydrogen-bond donors (Lipinski definition) is 2. The maximum atomic E-state index is 12.3. The Hall–Kier alpha value is -2.21. The van der Waals surface area contributed by atoms with Crippen molar-refractivity contribution in [3.63, 3.8) is 0 Å². The van der Waals surface area contributed by atoms with Crippen LogP contribution in [0.3, 0.4) is 0 Å². The molecule has 0 aliphatic carbocycles. The van der Waals surface area contributed by atoms with Crippen LogP contribution in [-0.4, -0.2) is 17.8 Å². The molecule has 1 heterocycles. The molecule has 3 rings (SSSR count). The molecular formula is C16H14BrNO4. The van der Waals surface area contributed by atoms with Gasteiger partial charge in [0, 0.05) is 4.47 Å². The first-order valence-electron chi connectivity index (χ1n) is 6.73. The molecule has 0 radical (unpaired) electrons. The summed E-state index contributed by atoms with van der Waals surface area (Å²) in [7, 11) is 0. The Labute approximate surface area is 136 Å². The molecule has 5 nitrogen and oxygen atoms in total. The number of amides is 1. The zero-order chi connectivity index (χ0) is 15.7.